The van der Waals surface area contributed by atoms with Crippen molar-refractivity contribution in [2.75, 3.05) is 6.54 Å². The van der Waals surface area contributed by atoms with Gasteiger partial charge in [-0.2, -0.15) is 0 Å². The minimum atomic E-state index is -0.250. The molecule has 0 unspecified atom stereocenters. The van der Waals surface area contributed by atoms with Crippen molar-refractivity contribution in [3.63, 3.8) is 0 Å². The highest BCUT2D eigenvalue weighted by Gasteiger charge is 2.28. The molecular formula is C14H17NO2. The number of benzene rings is 1. The number of hydrogen-bond acceptors (Lipinski definition) is 2. The first-order chi connectivity index (χ1) is 8.16. The van der Waals surface area contributed by atoms with E-state index in [0.29, 0.717) is 13.2 Å². The highest BCUT2D eigenvalue weighted by Crippen LogP contribution is 2.21. The summed E-state index contributed by atoms with van der Waals surface area (Å²) >= 11 is 0. The first-order valence-corrected chi connectivity index (χ1v) is 5.81. The van der Waals surface area contributed by atoms with Crippen LogP contribution in [0.1, 0.15) is 18.9 Å². The van der Waals surface area contributed by atoms with Gasteiger partial charge in [0.05, 0.1) is 0 Å². The number of carbonyl (C=O) groups is 1. The lowest BCUT2D eigenvalue weighted by Gasteiger charge is -2.20. The second kappa shape index (κ2) is 5.04. The third-order valence-electron chi connectivity index (χ3n) is 2.95. The Morgan fingerprint density at radius 3 is 2.76 bits per heavy atom. The molecule has 0 aromatic heterocycles. The molecule has 1 fully saturated rings. The van der Waals surface area contributed by atoms with E-state index < -0.39 is 0 Å². The number of carbonyl (C=O) groups excluding carboxylic acids is 1. The summed E-state index contributed by atoms with van der Waals surface area (Å²) in [7, 11) is 0. The summed E-state index contributed by atoms with van der Waals surface area (Å²) in [6.07, 6.45) is 0.625. The third kappa shape index (κ3) is 2.87. The van der Waals surface area contributed by atoms with Crippen molar-refractivity contribution in [1.82, 2.24) is 4.90 Å². The summed E-state index contributed by atoms with van der Waals surface area (Å²) in [5, 5.41) is 0. The van der Waals surface area contributed by atoms with E-state index in [9.17, 15) is 4.79 Å². The first kappa shape index (κ1) is 11.7. The van der Waals surface area contributed by atoms with Gasteiger partial charge in [-0.15, -0.1) is 0 Å². The Balaban J connectivity index is 1.88. The van der Waals surface area contributed by atoms with E-state index >= 15 is 0 Å². The van der Waals surface area contributed by atoms with Gasteiger partial charge in [0.1, 0.15) is 6.61 Å². The van der Waals surface area contributed by atoms with Crippen LogP contribution in [0, 0.1) is 0 Å². The molecule has 0 radical (unpaired) electrons. The molecule has 1 heterocycles. The van der Waals surface area contributed by atoms with E-state index in [-0.39, 0.29) is 12.1 Å². The molecule has 2 rings (SSSR count). The van der Waals surface area contributed by atoms with Gasteiger partial charge in [0, 0.05) is 12.6 Å². The van der Waals surface area contributed by atoms with Gasteiger partial charge in [-0.1, -0.05) is 42.5 Å². The van der Waals surface area contributed by atoms with Crippen molar-refractivity contribution >= 4 is 6.09 Å². The summed E-state index contributed by atoms with van der Waals surface area (Å²) in [4.78, 5) is 13.6. The number of ether oxygens (including phenoxy) is 1. The van der Waals surface area contributed by atoms with Crippen LogP contribution in [0.3, 0.4) is 0 Å². The molecule has 1 saturated heterocycles. The lowest BCUT2D eigenvalue weighted by Crippen LogP contribution is -2.34. The van der Waals surface area contributed by atoms with E-state index in [4.69, 9.17) is 4.74 Å². The predicted octanol–water partition coefficient (Wildman–Crippen LogP) is 2.97. The molecule has 17 heavy (non-hydrogen) atoms. The molecule has 1 aliphatic heterocycles. The van der Waals surface area contributed by atoms with E-state index in [0.717, 1.165) is 17.6 Å². The monoisotopic (exact) mass is 231 g/mol. The van der Waals surface area contributed by atoms with Gasteiger partial charge in [-0.3, -0.25) is 0 Å². The van der Waals surface area contributed by atoms with Crippen LogP contribution in [0.4, 0.5) is 4.79 Å². The fraction of sp³-hybridized carbons (Fsp3) is 0.357. The summed E-state index contributed by atoms with van der Waals surface area (Å²) in [6.45, 7) is 6.87. The molecule has 0 aliphatic carbocycles. The number of hydrogen-bond donors (Lipinski definition) is 0. The maximum absolute atomic E-state index is 11.8. The molecular weight excluding hydrogens is 214 g/mol. The summed E-state index contributed by atoms with van der Waals surface area (Å²) in [5.41, 5.74) is 2.10. The minimum Gasteiger partial charge on any atom is -0.445 e. The summed E-state index contributed by atoms with van der Waals surface area (Å²) < 4.78 is 5.28. The van der Waals surface area contributed by atoms with E-state index in [1.807, 2.05) is 37.3 Å². The minimum absolute atomic E-state index is 0.200. The summed E-state index contributed by atoms with van der Waals surface area (Å²) in [5.74, 6) is 0. The molecule has 0 bridgehead atoms. The molecule has 0 N–H and O–H groups in total. The predicted molar refractivity (Wildman–Crippen MR) is 66.6 cm³/mol. The second-order valence-electron chi connectivity index (χ2n) is 4.47. The largest absolute Gasteiger partial charge is 0.445 e. The second-order valence-corrected chi connectivity index (χ2v) is 4.47. The zero-order valence-electron chi connectivity index (χ0n) is 10.1. The maximum Gasteiger partial charge on any atom is 0.410 e. The van der Waals surface area contributed by atoms with Crippen LogP contribution in [-0.2, 0) is 11.3 Å². The normalized spacial score (nSPS) is 19.5. The van der Waals surface area contributed by atoms with E-state index in [2.05, 4.69) is 6.58 Å². The van der Waals surface area contributed by atoms with Gasteiger partial charge in [0.15, 0.2) is 0 Å². The molecule has 1 aromatic rings. The van der Waals surface area contributed by atoms with Gasteiger partial charge in [-0.05, 0) is 18.9 Å². The van der Waals surface area contributed by atoms with Crippen molar-refractivity contribution in [2.45, 2.75) is 26.0 Å². The Kier molecular flexibility index (Phi) is 3.47. The van der Waals surface area contributed by atoms with Crippen molar-refractivity contribution in [1.29, 1.82) is 0 Å². The van der Waals surface area contributed by atoms with E-state index in [1.165, 1.54) is 0 Å². The van der Waals surface area contributed by atoms with Crippen molar-refractivity contribution in [2.24, 2.45) is 0 Å². The zero-order chi connectivity index (χ0) is 12.3. The van der Waals surface area contributed by atoms with Gasteiger partial charge in [0.2, 0.25) is 0 Å². The van der Waals surface area contributed by atoms with Crippen LogP contribution in [0.5, 0.6) is 0 Å². The average molecular weight is 231 g/mol. The van der Waals surface area contributed by atoms with Crippen LogP contribution in [0.15, 0.2) is 42.5 Å². The number of amides is 1. The first-order valence-electron chi connectivity index (χ1n) is 5.81. The molecule has 0 spiro atoms. The lowest BCUT2D eigenvalue weighted by atomic mass is 10.2. The van der Waals surface area contributed by atoms with Gasteiger partial charge >= 0.3 is 6.09 Å². The van der Waals surface area contributed by atoms with E-state index in [1.54, 1.807) is 4.90 Å². The molecule has 0 saturated carbocycles. The van der Waals surface area contributed by atoms with Crippen molar-refractivity contribution in [3.05, 3.63) is 48.0 Å². The fourth-order valence-electron chi connectivity index (χ4n) is 2.04. The number of rotatable bonds is 2. The van der Waals surface area contributed by atoms with Crippen LogP contribution >= 0.6 is 0 Å². The Morgan fingerprint density at radius 2 is 2.18 bits per heavy atom. The van der Waals surface area contributed by atoms with Crippen molar-refractivity contribution in [3.8, 4) is 0 Å². The summed E-state index contributed by atoms with van der Waals surface area (Å²) in [6, 6.07) is 9.90. The van der Waals surface area contributed by atoms with Crippen LogP contribution in [0.2, 0.25) is 0 Å². The van der Waals surface area contributed by atoms with Crippen molar-refractivity contribution < 1.29 is 9.53 Å². The fourth-order valence-corrected chi connectivity index (χ4v) is 2.04. The van der Waals surface area contributed by atoms with Crippen LogP contribution in [0.25, 0.3) is 0 Å². The Labute approximate surface area is 102 Å². The smallest absolute Gasteiger partial charge is 0.410 e. The third-order valence-corrected chi connectivity index (χ3v) is 2.95. The zero-order valence-corrected chi connectivity index (χ0v) is 10.1. The van der Waals surface area contributed by atoms with Crippen LogP contribution < -0.4 is 0 Å². The Bertz CT molecular complexity index is 413. The molecule has 3 nitrogen and oxygen atoms in total. The Morgan fingerprint density at radius 1 is 1.47 bits per heavy atom. The quantitative estimate of drug-likeness (QED) is 0.732. The molecule has 1 amide bonds. The van der Waals surface area contributed by atoms with Gasteiger partial charge in [-0.25, -0.2) is 4.79 Å². The standard InChI is InChI=1S/C14H17NO2/c1-11-8-12(2)15(9-11)14(16)17-10-13-6-4-3-5-7-13/h3-7,12H,1,8-10H2,2H3/t12-/m1/s1. The molecule has 3 heteroatoms. The topological polar surface area (TPSA) is 29.5 Å². The SMILES string of the molecule is C=C1C[C@@H](C)N(C(=O)OCc2ccccc2)C1. The van der Waals surface area contributed by atoms with Gasteiger partial charge in [0.25, 0.3) is 0 Å². The molecule has 1 atom stereocenters. The molecule has 1 aromatic carbocycles. The maximum atomic E-state index is 11.8. The number of likely N-dealkylation sites (tertiary alicyclic amines) is 1. The lowest BCUT2D eigenvalue weighted by molar-refractivity contribution is 0.0950. The average Bonchev–Trinajstić information content (AvgIpc) is 2.67. The van der Waals surface area contributed by atoms with Crippen LogP contribution in [-0.4, -0.2) is 23.6 Å². The Hall–Kier alpha value is -1.77. The molecule has 90 valence electrons. The highest BCUT2D eigenvalue weighted by atomic mass is 16.6. The van der Waals surface area contributed by atoms with Gasteiger partial charge < -0.3 is 9.64 Å². The molecule has 1 aliphatic rings. The number of nitrogens with zero attached hydrogens (tertiary/aromatic N) is 1. The highest BCUT2D eigenvalue weighted by molar-refractivity contribution is 5.69.